The number of nitrogens with zero attached hydrogens (tertiary/aromatic N) is 4. The van der Waals surface area contributed by atoms with E-state index < -0.39 is 6.04 Å². The Labute approximate surface area is 211 Å². The fourth-order valence-corrected chi connectivity index (χ4v) is 5.33. The second kappa shape index (κ2) is 9.37. The van der Waals surface area contributed by atoms with Gasteiger partial charge in [-0.1, -0.05) is 44.2 Å². The van der Waals surface area contributed by atoms with E-state index in [9.17, 15) is 14.4 Å². The van der Waals surface area contributed by atoms with Gasteiger partial charge >= 0.3 is 0 Å². The van der Waals surface area contributed by atoms with Gasteiger partial charge in [0.05, 0.1) is 16.6 Å². The maximum Gasteiger partial charge on any atom is 0.262 e. The van der Waals surface area contributed by atoms with E-state index in [2.05, 4.69) is 43.0 Å². The number of hydrogen-bond donors (Lipinski definition) is 0. The third kappa shape index (κ3) is 4.12. The molecule has 2 aliphatic rings. The molecule has 0 aliphatic carbocycles. The van der Waals surface area contributed by atoms with Gasteiger partial charge in [-0.3, -0.25) is 19.3 Å². The number of aromatic nitrogens is 1. The molecule has 7 heteroatoms. The molecule has 3 heterocycles. The van der Waals surface area contributed by atoms with Crippen molar-refractivity contribution in [3.05, 3.63) is 70.8 Å². The van der Waals surface area contributed by atoms with Gasteiger partial charge in [0.25, 0.3) is 11.8 Å². The van der Waals surface area contributed by atoms with Crippen LogP contribution < -0.4 is 4.90 Å². The van der Waals surface area contributed by atoms with Crippen LogP contribution in [-0.2, 0) is 4.79 Å². The molecule has 3 aromatic rings. The Balaban J connectivity index is 1.34. The lowest BCUT2D eigenvalue weighted by molar-refractivity contribution is -0.136. The number of hydrogen-bond acceptors (Lipinski definition) is 5. The number of piperazine rings is 1. The number of imide groups is 1. The number of pyridine rings is 1. The van der Waals surface area contributed by atoms with Crippen molar-refractivity contribution in [2.45, 2.75) is 40.2 Å². The molecular formula is C29H32N4O3. The highest BCUT2D eigenvalue weighted by molar-refractivity contribution is 6.22. The largest absolute Gasteiger partial charge is 0.353 e. The minimum Gasteiger partial charge on any atom is -0.353 e. The van der Waals surface area contributed by atoms with Crippen LogP contribution in [0.4, 0.5) is 5.82 Å². The van der Waals surface area contributed by atoms with E-state index in [1.807, 2.05) is 13.8 Å². The Morgan fingerprint density at radius 3 is 2.14 bits per heavy atom. The van der Waals surface area contributed by atoms with Crippen LogP contribution in [-0.4, -0.2) is 64.7 Å². The van der Waals surface area contributed by atoms with Gasteiger partial charge < -0.3 is 9.80 Å². The predicted octanol–water partition coefficient (Wildman–Crippen LogP) is 4.21. The number of amides is 3. The van der Waals surface area contributed by atoms with Gasteiger partial charge in [-0.2, -0.15) is 0 Å². The van der Waals surface area contributed by atoms with Crippen molar-refractivity contribution in [3.8, 4) is 0 Å². The first-order valence-electron chi connectivity index (χ1n) is 12.6. The second-order valence-electron chi connectivity index (χ2n) is 10.3. The molecule has 0 N–H and O–H groups in total. The summed E-state index contributed by atoms with van der Waals surface area (Å²) in [6.45, 7) is 10.5. The first kappa shape index (κ1) is 24.0. The maximum atomic E-state index is 13.7. The SMILES string of the molecule is Cc1cc(N2CCN(C(=O)C(CC(C)C)N3C(=O)c4ccccc4C3=O)CC2)nc2c(C)cccc12. The molecule has 1 aromatic heterocycles. The normalized spacial score (nSPS) is 16.8. The highest BCUT2D eigenvalue weighted by Crippen LogP contribution is 2.29. The molecule has 186 valence electrons. The lowest BCUT2D eigenvalue weighted by Crippen LogP contribution is -2.56. The van der Waals surface area contributed by atoms with E-state index in [4.69, 9.17) is 4.98 Å². The lowest BCUT2D eigenvalue weighted by atomic mass is 10.0. The smallest absolute Gasteiger partial charge is 0.262 e. The summed E-state index contributed by atoms with van der Waals surface area (Å²) < 4.78 is 0. The summed E-state index contributed by atoms with van der Waals surface area (Å²) in [7, 11) is 0. The number of benzene rings is 2. The van der Waals surface area contributed by atoms with Gasteiger partial charge in [0.1, 0.15) is 11.9 Å². The third-order valence-corrected chi connectivity index (χ3v) is 7.27. The highest BCUT2D eigenvalue weighted by Gasteiger charge is 2.44. The van der Waals surface area contributed by atoms with Crippen LogP contribution in [0.3, 0.4) is 0 Å². The van der Waals surface area contributed by atoms with Gasteiger partial charge in [0, 0.05) is 31.6 Å². The van der Waals surface area contributed by atoms with Crippen molar-refractivity contribution in [2.75, 3.05) is 31.1 Å². The minimum absolute atomic E-state index is 0.151. The predicted molar refractivity (Wildman–Crippen MR) is 140 cm³/mol. The second-order valence-corrected chi connectivity index (χ2v) is 10.3. The summed E-state index contributed by atoms with van der Waals surface area (Å²) >= 11 is 0. The number of anilines is 1. The third-order valence-electron chi connectivity index (χ3n) is 7.27. The van der Waals surface area contributed by atoms with Gasteiger partial charge in [0.15, 0.2) is 0 Å². The van der Waals surface area contributed by atoms with Crippen LogP contribution in [0.5, 0.6) is 0 Å². The number of aryl methyl sites for hydroxylation is 2. The molecule has 1 unspecified atom stereocenters. The molecule has 0 radical (unpaired) electrons. The molecule has 2 aliphatic heterocycles. The van der Waals surface area contributed by atoms with Gasteiger partial charge in [-0.15, -0.1) is 0 Å². The summed E-state index contributed by atoms with van der Waals surface area (Å²) in [5, 5.41) is 1.16. The van der Waals surface area contributed by atoms with Crippen molar-refractivity contribution in [2.24, 2.45) is 5.92 Å². The molecule has 7 nitrogen and oxygen atoms in total. The Hall–Kier alpha value is -3.74. The fourth-order valence-electron chi connectivity index (χ4n) is 5.33. The highest BCUT2D eigenvalue weighted by atomic mass is 16.2. The summed E-state index contributed by atoms with van der Waals surface area (Å²) in [5.74, 6) is 0.160. The molecule has 5 rings (SSSR count). The Bertz CT molecular complexity index is 1320. The molecule has 0 bridgehead atoms. The van der Waals surface area contributed by atoms with Crippen molar-refractivity contribution >= 4 is 34.4 Å². The van der Waals surface area contributed by atoms with Crippen LogP contribution in [0.1, 0.15) is 52.1 Å². The van der Waals surface area contributed by atoms with Crippen LogP contribution in [0, 0.1) is 19.8 Å². The Morgan fingerprint density at radius 2 is 1.53 bits per heavy atom. The number of carbonyl (C=O) groups excluding carboxylic acids is 3. The van der Waals surface area contributed by atoms with Crippen molar-refractivity contribution in [1.82, 2.24) is 14.8 Å². The molecule has 0 spiro atoms. The molecule has 36 heavy (non-hydrogen) atoms. The Morgan fingerprint density at radius 1 is 0.889 bits per heavy atom. The van der Waals surface area contributed by atoms with Crippen molar-refractivity contribution < 1.29 is 14.4 Å². The molecule has 1 saturated heterocycles. The van der Waals surface area contributed by atoms with E-state index >= 15 is 0 Å². The molecule has 2 aromatic carbocycles. The van der Waals surface area contributed by atoms with E-state index in [1.54, 1.807) is 29.2 Å². The zero-order valence-electron chi connectivity index (χ0n) is 21.3. The molecular weight excluding hydrogens is 452 g/mol. The average Bonchev–Trinajstić information content (AvgIpc) is 3.12. The first-order chi connectivity index (χ1) is 17.3. The summed E-state index contributed by atoms with van der Waals surface area (Å²) in [6, 6.07) is 14.3. The van der Waals surface area contributed by atoms with E-state index in [-0.39, 0.29) is 23.6 Å². The van der Waals surface area contributed by atoms with E-state index in [1.165, 1.54) is 10.5 Å². The molecule has 0 saturated carbocycles. The molecule has 1 atom stereocenters. The topological polar surface area (TPSA) is 73.8 Å². The maximum absolute atomic E-state index is 13.7. The number of fused-ring (bicyclic) bond motifs is 2. The summed E-state index contributed by atoms with van der Waals surface area (Å²) in [4.78, 5) is 50.1. The van der Waals surface area contributed by atoms with Gasteiger partial charge in [-0.05, 0) is 55.5 Å². The van der Waals surface area contributed by atoms with Gasteiger partial charge in [0.2, 0.25) is 5.91 Å². The standard InChI is InChI=1S/C29H32N4O3/c1-18(2)16-24(33-27(34)22-9-5-6-10-23(22)28(33)35)29(36)32-14-12-31(13-15-32)25-17-20(4)21-11-7-8-19(3)26(21)30-25/h5-11,17-18,24H,12-16H2,1-4H3. The van der Waals surface area contributed by atoms with E-state index in [0.717, 1.165) is 22.3 Å². The van der Waals surface area contributed by atoms with Gasteiger partial charge in [-0.25, -0.2) is 4.98 Å². The molecule has 1 fully saturated rings. The number of carbonyl (C=O) groups is 3. The minimum atomic E-state index is -0.798. The van der Waals surface area contributed by atoms with Crippen molar-refractivity contribution in [3.63, 3.8) is 0 Å². The fraction of sp³-hybridized carbons (Fsp3) is 0.379. The van der Waals surface area contributed by atoms with Crippen LogP contribution in [0.15, 0.2) is 48.5 Å². The van der Waals surface area contributed by atoms with Crippen LogP contribution in [0.25, 0.3) is 10.9 Å². The average molecular weight is 485 g/mol. The Kier molecular flexibility index (Phi) is 6.24. The zero-order chi connectivity index (χ0) is 25.6. The van der Waals surface area contributed by atoms with Crippen molar-refractivity contribution in [1.29, 1.82) is 0 Å². The first-order valence-corrected chi connectivity index (χ1v) is 12.6. The van der Waals surface area contributed by atoms with Crippen LogP contribution >= 0.6 is 0 Å². The van der Waals surface area contributed by atoms with Crippen LogP contribution in [0.2, 0.25) is 0 Å². The summed E-state index contributed by atoms with van der Waals surface area (Å²) in [6.07, 6.45) is 0.440. The number of para-hydroxylation sites is 1. The quantitative estimate of drug-likeness (QED) is 0.507. The monoisotopic (exact) mass is 484 g/mol. The van der Waals surface area contributed by atoms with E-state index in [0.29, 0.717) is 43.7 Å². The zero-order valence-corrected chi connectivity index (χ0v) is 21.3. The number of rotatable bonds is 5. The molecule has 3 amide bonds. The summed E-state index contributed by atoms with van der Waals surface area (Å²) in [5.41, 5.74) is 4.08. The lowest BCUT2D eigenvalue weighted by Gasteiger charge is -2.38.